The molecule has 1 heterocycles. The molecule has 0 bridgehead atoms. The van der Waals surface area contributed by atoms with E-state index in [1.165, 1.54) is 6.07 Å². The fraction of sp³-hybridized carbons (Fsp3) is 0.200. The molecule has 0 saturated heterocycles. The van der Waals surface area contributed by atoms with E-state index in [2.05, 4.69) is 4.98 Å². The van der Waals surface area contributed by atoms with E-state index in [1.807, 2.05) is 31.2 Å². The molecule has 0 aliphatic rings. The highest BCUT2D eigenvalue weighted by Gasteiger charge is 2.14. The largest absolute Gasteiger partial charge is 0.497 e. The van der Waals surface area contributed by atoms with Gasteiger partial charge in [-0.15, -0.1) is 0 Å². The van der Waals surface area contributed by atoms with Gasteiger partial charge in [-0.05, 0) is 49.2 Å². The van der Waals surface area contributed by atoms with Gasteiger partial charge in [0.05, 0.1) is 24.8 Å². The number of aromatic nitrogens is 1. The molecule has 128 valence electrons. The Hall–Kier alpha value is -3.08. The number of esters is 1. The standard InChI is InChI=1S/C20H19NO4/c1-4-25-20(23)14-10-16-12(2)9-18(22)21-19(16)17(11-14)13-5-7-15(24-3)8-6-13/h5-11H,4H2,1-3H3,(H,21,22). The summed E-state index contributed by atoms with van der Waals surface area (Å²) in [5, 5.41) is 0.816. The summed E-state index contributed by atoms with van der Waals surface area (Å²) >= 11 is 0. The van der Waals surface area contributed by atoms with Crippen LogP contribution >= 0.6 is 0 Å². The molecule has 0 aliphatic carbocycles. The minimum atomic E-state index is -0.384. The summed E-state index contributed by atoms with van der Waals surface area (Å²) in [7, 11) is 1.60. The molecule has 0 unspecified atom stereocenters. The quantitative estimate of drug-likeness (QED) is 0.737. The Labute approximate surface area is 145 Å². The number of aryl methyl sites for hydroxylation is 1. The number of aromatic amines is 1. The third-order valence-electron chi connectivity index (χ3n) is 4.07. The zero-order chi connectivity index (χ0) is 18.0. The number of ether oxygens (including phenoxy) is 2. The van der Waals surface area contributed by atoms with E-state index < -0.39 is 0 Å². The average Bonchev–Trinajstić information content (AvgIpc) is 2.61. The molecule has 3 rings (SSSR count). The van der Waals surface area contributed by atoms with Crippen LogP contribution < -0.4 is 10.3 Å². The second-order valence-corrected chi connectivity index (χ2v) is 5.71. The van der Waals surface area contributed by atoms with E-state index in [0.29, 0.717) is 17.7 Å². The fourth-order valence-electron chi connectivity index (χ4n) is 2.85. The molecule has 0 fully saturated rings. The van der Waals surface area contributed by atoms with Gasteiger partial charge in [0, 0.05) is 17.0 Å². The van der Waals surface area contributed by atoms with Crippen molar-refractivity contribution in [2.45, 2.75) is 13.8 Å². The van der Waals surface area contributed by atoms with Crippen LogP contribution in [0, 0.1) is 6.92 Å². The van der Waals surface area contributed by atoms with Gasteiger partial charge in [0.1, 0.15) is 5.75 Å². The molecule has 1 N–H and O–H groups in total. The number of rotatable bonds is 4. The van der Waals surface area contributed by atoms with Gasteiger partial charge in [0.15, 0.2) is 0 Å². The highest BCUT2D eigenvalue weighted by Crippen LogP contribution is 2.31. The van der Waals surface area contributed by atoms with E-state index in [-0.39, 0.29) is 11.5 Å². The van der Waals surface area contributed by atoms with Gasteiger partial charge >= 0.3 is 5.97 Å². The molecular formula is C20H19NO4. The highest BCUT2D eigenvalue weighted by atomic mass is 16.5. The third kappa shape index (κ3) is 3.26. The molecule has 0 spiro atoms. The summed E-state index contributed by atoms with van der Waals surface area (Å²) in [4.78, 5) is 27.1. The molecule has 1 aromatic heterocycles. The van der Waals surface area contributed by atoms with Gasteiger partial charge in [0.25, 0.3) is 0 Å². The Morgan fingerprint density at radius 3 is 2.48 bits per heavy atom. The molecule has 5 nitrogen and oxygen atoms in total. The van der Waals surface area contributed by atoms with Crippen LogP contribution in [0.15, 0.2) is 47.3 Å². The maximum Gasteiger partial charge on any atom is 0.338 e. The lowest BCUT2D eigenvalue weighted by Crippen LogP contribution is -2.09. The van der Waals surface area contributed by atoms with Crippen molar-refractivity contribution in [3.05, 3.63) is 63.9 Å². The maximum atomic E-state index is 12.2. The summed E-state index contributed by atoms with van der Waals surface area (Å²) < 4.78 is 10.3. The smallest absolute Gasteiger partial charge is 0.338 e. The number of nitrogens with one attached hydrogen (secondary N) is 1. The molecule has 0 saturated carbocycles. The van der Waals surface area contributed by atoms with E-state index in [4.69, 9.17) is 9.47 Å². The summed E-state index contributed by atoms with van der Waals surface area (Å²) in [5.41, 5.74) is 3.42. The van der Waals surface area contributed by atoms with Gasteiger partial charge in [-0.25, -0.2) is 4.79 Å². The van der Waals surface area contributed by atoms with E-state index in [0.717, 1.165) is 27.8 Å². The fourth-order valence-corrected chi connectivity index (χ4v) is 2.85. The molecule has 0 atom stereocenters. The molecule has 0 amide bonds. The van der Waals surface area contributed by atoms with Crippen molar-refractivity contribution in [1.29, 1.82) is 0 Å². The van der Waals surface area contributed by atoms with Crippen molar-refractivity contribution in [3.63, 3.8) is 0 Å². The molecule has 5 heteroatoms. The number of pyridine rings is 1. The lowest BCUT2D eigenvalue weighted by atomic mass is 9.97. The Morgan fingerprint density at radius 2 is 1.84 bits per heavy atom. The second kappa shape index (κ2) is 6.81. The summed E-state index contributed by atoms with van der Waals surface area (Å²) in [5.74, 6) is 0.351. The highest BCUT2D eigenvalue weighted by molar-refractivity contribution is 6.02. The van der Waals surface area contributed by atoms with Crippen molar-refractivity contribution in [1.82, 2.24) is 4.98 Å². The lowest BCUT2D eigenvalue weighted by molar-refractivity contribution is 0.0526. The molecule has 0 aliphatic heterocycles. The first-order valence-electron chi connectivity index (χ1n) is 8.02. The van der Waals surface area contributed by atoms with Crippen molar-refractivity contribution >= 4 is 16.9 Å². The Balaban J connectivity index is 2.29. The predicted molar refractivity (Wildman–Crippen MR) is 97.3 cm³/mol. The number of carbonyl (C=O) groups is 1. The lowest BCUT2D eigenvalue weighted by Gasteiger charge is -2.12. The first-order chi connectivity index (χ1) is 12.0. The van der Waals surface area contributed by atoms with Gasteiger partial charge in [0.2, 0.25) is 5.56 Å². The molecular weight excluding hydrogens is 318 g/mol. The van der Waals surface area contributed by atoms with Crippen LogP contribution in [0.3, 0.4) is 0 Å². The number of H-pyrrole nitrogens is 1. The normalized spacial score (nSPS) is 10.7. The number of methoxy groups -OCH3 is 1. The Morgan fingerprint density at radius 1 is 1.12 bits per heavy atom. The summed E-state index contributed by atoms with van der Waals surface area (Å²) in [6, 6.07) is 12.5. The number of hydrogen-bond donors (Lipinski definition) is 1. The van der Waals surface area contributed by atoms with Crippen LogP contribution in [-0.2, 0) is 4.74 Å². The van der Waals surface area contributed by atoms with Gasteiger partial charge in [-0.2, -0.15) is 0 Å². The average molecular weight is 337 g/mol. The van der Waals surface area contributed by atoms with Crippen LogP contribution in [-0.4, -0.2) is 24.7 Å². The van der Waals surface area contributed by atoms with Crippen LogP contribution in [0.5, 0.6) is 5.75 Å². The van der Waals surface area contributed by atoms with Crippen LogP contribution in [0.2, 0.25) is 0 Å². The Kier molecular flexibility index (Phi) is 4.57. The van der Waals surface area contributed by atoms with Crippen molar-refractivity contribution in [2.24, 2.45) is 0 Å². The SMILES string of the molecule is CCOC(=O)c1cc(-c2ccc(OC)cc2)c2[nH]c(=O)cc(C)c2c1. The molecule has 3 aromatic rings. The summed E-state index contributed by atoms with van der Waals surface area (Å²) in [6.45, 7) is 3.93. The van der Waals surface area contributed by atoms with Crippen molar-refractivity contribution in [3.8, 4) is 16.9 Å². The number of benzene rings is 2. The monoisotopic (exact) mass is 337 g/mol. The first kappa shape index (κ1) is 16.8. The molecule has 0 radical (unpaired) electrons. The minimum absolute atomic E-state index is 0.177. The number of fused-ring (bicyclic) bond motifs is 1. The first-order valence-corrected chi connectivity index (χ1v) is 8.02. The van der Waals surface area contributed by atoms with E-state index >= 15 is 0 Å². The topological polar surface area (TPSA) is 68.4 Å². The third-order valence-corrected chi connectivity index (χ3v) is 4.07. The minimum Gasteiger partial charge on any atom is -0.497 e. The Bertz CT molecular complexity index is 987. The van der Waals surface area contributed by atoms with Crippen molar-refractivity contribution < 1.29 is 14.3 Å². The zero-order valence-electron chi connectivity index (χ0n) is 14.4. The summed E-state index contributed by atoms with van der Waals surface area (Å²) in [6.07, 6.45) is 0. The number of carbonyl (C=O) groups excluding carboxylic acids is 1. The molecule has 2 aromatic carbocycles. The van der Waals surface area contributed by atoms with Gasteiger partial charge in [-0.3, -0.25) is 4.79 Å². The van der Waals surface area contributed by atoms with E-state index in [9.17, 15) is 9.59 Å². The van der Waals surface area contributed by atoms with Gasteiger partial charge in [-0.1, -0.05) is 12.1 Å². The maximum absolute atomic E-state index is 12.2. The van der Waals surface area contributed by atoms with Crippen LogP contribution in [0.4, 0.5) is 0 Å². The second-order valence-electron chi connectivity index (χ2n) is 5.71. The number of hydrogen-bond acceptors (Lipinski definition) is 4. The zero-order valence-corrected chi connectivity index (χ0v) is 14.4. The van der Waals surface area contributed by atoms with Crippen LogP contribution in [0.1, 0.15) is 22.8 Å². The van der Waals surface area contributed by atoms with Gasteiger partial charge < -0.3 is 14.5 Å². The van der Waals surface area contributed by atoms with E-state index in [1.54, 1.807) is 26.2 Å². The van der Waals surface area contributed by atoms with Crippen molar-refractivity contribution in [2.75, 3.05) is 13.7 Å². The predicted octanol–water partition coefficient (Wildman–Crippen LogP) is 3.69. The molecule has 25 heavy (non-hydrogen) atoms. The van der Waals surface area contributed by atoms with Crippen LogP contribution in [0.25, 0.3) is 22.0 Å².